The minimum absolute atomic E-state index is 0.428. The number of para-hydroxylation sites is 1. The molecule has 2 heterocycles. The van der Waals surface area contributed by atoms with E-state index in [1.54, 1.807) is 0 Å². The molecule has 4 rings (SSSR count). The highest BCUT2D eigenvalue weighted by molar-refractivity contribution is 6.07. The van der Waals surface area contributed by atoms with Crippen LogP contribution in [0.3, 0.4) is 0 Å². The molecule has 1 aliphatic rings. The Labute approximate surface area is 111 Å². The van der Waals surface area contributed by atoms with E-state index in [0.29, 0.717) is 6.10 Å². The summed E-state index contributed by atoms with van der Waals surface area (Å²) >= 11 is 0. The molecular weight excluding hydrogens is 238 g/mol. The lowest BCUT2D eigenvalue weighted by atomic mass is 10.1. The molecule has 1 N–H and O–H groups in total. The van der Waals surface area contributed by atoms with Gasteiger partial charge in [0.1, 0.15) is 5.75 Å². The van der Waals surface area contributed by atoms with Crippen molar-refractivity contribution in [1.29, 1.82) is 0 Å². The van der Waals surface area contributed by atoms with Crippen LogP contribution < -0.4 is 4.74 Å². The van der Waals surface area contributed by atoms with Crippen LogP contribution in [0.4, 0.5) is 0 Å². The average molecular weight is 253 g/mol. The van der Waals surface area contributed by atoms with Crippen molar-refractivity contribution in [2.75, 3.05) is 13.2 Å². The minimum Gasteiger partial charge on any atom is -0.493 e. The van der Waals surface area contributed by atoms with Gasteiger partial charge in [0.25, 0.3) is 0 Å². The molecule has 1 aliphatic heterocycles. The largest absolute Gasteiger partial charge is 0.493 e. The molecule has 1 atom stereocenters. The van der Waals surface area contributed by atoms with Crippen LogP contribution in [0.15, 0.2) is 42.5 Å². The molecule has 2 aromatic carbocycles. The first-order valence-corrected chi connectivity index (χ1v) is 6.65. The normalized spacial score (nSPS) is 18.0. The van der Waals surface area contributed by atoms with Crippen LogP contribution in [0.5, 0.6) is 5.75 Å². The molecule has 0 aliphatic carbocycles. The quantitative estimate of drug-likeness (QED) is 0.723. The lowest BCUT2D eigenvalue weighted by Crippen LogP contribution is -2.00. The van der Waals surface area contributed by atoms with Gasteiger partial charge in [-0.15, -0.1) is 0 Å². The van der Waals surface area contributed by atoms with Gasteiger partial charge < -0.3 is 14.5 Å². The van der Waals surface area contributed by atoms with Gasteiger partial charge in [0.2, 0.25) is 0 Å². The molecule has 3 heteroatoms. The Balaban J connectivity index is 1.64. The fraction of sp³-hybridized carbons (Fsp3) is 0.250. The first kappa shape index (κ1) is 10.9. The van der Waals surface area contributed by atoms with Crippen molar-refractivity contribution in [2.24, 2.45) is 0 Å². The van der Waals surface area contributed by atoms with Gasteiger partial charge in [-0.05, 0) is 18.2 Å². The van der Waals surface area contributed by atoms with E-state index in [-0.39, 0.29) is 0 Å². The first-order valence-electron chi connectivity index (χ1n) is 6.65. The van der Waals surface area contributed by atoms with Crippen molar-refractivity contribution in [1.82, 2.24) is 4.98 Å². The van der Waals surface area contributed by atoms with E-state index in [2.05, 4.69) is 35.3 Å². The molecule has 0 radical (unpaired) electrons. The van der Waals surface area contributed by atoms with Gasteiger partial charge in [0.15, 0.2) is 0 Å². The fourth-order valence-electron chi connectivity index (χ4n) is 2.47. The van der Waals surface area contributed by atoms with E-state index in [1.165, 1.54) is 16.3 Å². The minimum atomic E-state index is 0.428. The predicted octanol–water partition coefficient (Wildman–Crippen LogP) is 3.49. The van der Waals surface area contributed by atoms with Gasteiger partial charge in [-0.3, -0.25) is 0 Å². The summed E-state index contributed by atoms with van der Waals surface area (Å²) in [6.07, 6.45) is 1.40. The van der Waals surface area contributed by atoms with Crippen molar-refractivity contribution >= 4 is 21.8 Å². The molecule has 1 saturated heterocycles. The van der Waals surface area contributed by atoms with E-state index in [9.17, 15) is 0 Å². The number of ether oxygens (including phenoxy) is 2. The van der Waals surface area contributed by atoms with Gasteiger partial charge in [-0.2, -0.15) is 0 Å². The second-order valence-electron chi connectivity index (χ2n) is 4.97. The third-order valence-corrected chi connectivity index (χ3v) is 3.59. The van der Waals surface area contributed by atoms with E-state index in [1.807, 2.05) is 12.1 Å². The number of fused-ring (bicyclic) bond motifs is 3. The van der Waals surface area contributed by atoms with Gasteiger partial charge >= 0.3 is 0 Å². The fourth-order valence-corrected chi connectivity index (χ4v) is 2.47. The maximum atomic E-state index is 5.76. The standard InChI is InChI=1S/C16H15NO2/c1-2-4-15-13(3-1)14-6-5-11(9-16(14)17-15)18-8-7-12-10-19-12/h1-6,9,12,17H,7-8,10H2. The van der Waals surface area contributed by atoms with E-state index in [4.69, 9.17) is 9.47 Å². The zero-order chi connectivity index (χ0) is 12.7. The smallest absolute Gasteiger partial charge is 0.121 e. The Morgan fingerprint density at radius 2 is 1.95 bits per heavy atom. The highest BCUT2D eigenvalue weighted by Gasteiger charge is 2.21. The van der Waals surface area contributed by atoms with Crippen molar-refractivity contribution in [3.05, 3.63) is 42.5 Å². The first-order chi connectivity index (χ1) is 9.40. The van der Waals surface area contributed by atoms with Crippen LogP contribution in [0.1, 0.15) is 6.42 Å². The second kappa shape index (κ2) is 4.28. The summed E-state index contributed by atoms with van der Waals surface area (Å²) < 4.78 is 10.9. The number of aromatic amines is 1. The second-order valence-corrected chi connectivity index (χ2v) is 4.97. The van der Waals surface area contributed by atoms with E-state index >= 15 is 0 Å². The number of hydrogen-bond acceptors (Lipinski definition) is 2. The van der Waals surface area contributed by atoms with Gasteiger partial charge in [-0.25, -0.2) is 0 Å². The number of hydrogen-bond donors (Lipinski definition) is 1. The summed E-state index contributed by atoms with van der Waals surface area (Å²) in [6.45, 7) is 1.61. The monoisotopic (exact) mass is 253 g/mol. The number of rotatable bonds is 4. The number of nitrogens with one attached hydrogen (secondary N) is 1. The van der Waals surface area contributed by atoms with Crippen LogP contribution in [0.25, 0.3) is 21.8 Å². The molecule has 1 fully saturated rings. The lowest BCUT2D eigenvalue weighted by Gasteiger charge is -2.04. The molecular formula is C16H15NO2. The Bertz CT molecular complexity index is 728. The summed E-state index contributed by atoms with van der Waals surface area (Å²) in [5.41, 5.74) is 2.29. The molecule has 96 valence electrons. The lowest BCUT2D eigenvalue weighted by molar-refractivity contribution is 0.283. The Kier molecular flexibility index (Phi) is 2.45. The van der Waals surface area contributed by atoms with Gasteiger partial charge in [0.05, 0.1) is 24.8 Å². The molecule has 3 nitrogen and oxygen atoms in total. The SMILES string of the molecule is c1ccc2c(c1)[nH]c1cc(OCCC3CO3)ccc12. The molecule has 3 aromatic rings. The molecule has 0 spiro atoms. The zero-order valence-electron chi connectivity index (χ0n) is 10.6. The summed E-state index contributed by atoms with van der Waals surface area (Å²) in [7, 11) is 0. The summed E-state index contributed by atoms with van der Waals surface area (Å²) in [6, 6.07) is 14.6. The van der Waals surface area contributed by atoms with Crippen molar-refractivity contribution in [3.8, 4) is 5.75 Å². The maximum Gasteiger partial charge on any atom is 0.121 e. The summed E-state index contributed by atoms with van der Waals surface area (Å²) in [4.78, 5) is 3.43. The Hall–Kier alpha value is -2.00. The van der Waals surface area contributed by atoms with Crippen LogP contribution >= 0.6 is 0 Å². The highest BCUT2D eigenvalue weighted by atomic mass is 16.6. The van der Waals surface area contributed by atoms with E-state index in [0.717, 1.165) is 30.9 Å². The molecule has 0 amide bonds. The number of epoxide rings is 1. The molecule has 0 bridgehead atoms. The van der Waals surface area contributed by atoms with Crippen molar-refractivity contribution in [3.63, 3.8) is 0 Å². The van der Waals surface area contributed by atoms with E-state index < -0.39 is 0 Å². The van der Waals surface area contributed by atoms with Crippen molar-refractivity contribution < 1.29 is 9.47 Å². The number of aromatic nitrogens is 1. The van der Waals surface area contributed by atoms with Crippen LogP contribution in [-0.2, 0) is 4.74 Å². The zero-order valence-corrected chi connectivity index (χ0v) is 10.6. The third kappa shape index (κ3) is 2.06. The molecule has 1 aromatic heterocycles. The third-order valence-electron chi connectivity index (χ3n) is 3.59. The summed E-state index contributed by atoms with van der Waals surface area (Å²) in [5.74, 6) is 0.916. The Morgan fingerprint density at radius 1 is 1.11 bits per heavy atom. The summed E-state index contributed by atoms with van der Waals surface area (Å²) in [5, 5.41) is 2.50. The van der Waals surface area contributed by atoms with Gasteiger partial charge in [0, 0.05) is 28.8 Å². The highest BCUT2D eigenvalue weighted by Crippen LogP contribution is 2.28. The molecule has 19 heavy (non-hydrogen) atoms. The molecule has 0 saturated carbocycles. The Morgan fingerprint density at radius 3 is 2.84 bits per heavy atom. The topological polar surface area (TPSA) is 37.5 Å². The number of benzene rings is 2. The average Bonchev–Trinajstić information content (AvgIpc) is 3.18. The van der Waals surface area contributed by atoms with Crippen LogP contribution in [0.2, 0.25) is 0 Å². The number of H-pyrrole nitrogens is 1. The maximum absolute atomic E-state index is 5.76. The van der Waals surface area contributed by atoms with Crippen molar-refractivity contribution in [2.45, 2.75) is 12.5 Å². The predicted molar refractivity (Wildman–Crippen MR) is 75.7 cm³/mol. The van der Waals surface area contributed by atoms with Crippen LogP contribution in [-0.4, -0.2) is 24.3 Å². The molecule has 1 unspecified atom stereocenters. The van der Waals surface area contributed by atoms with Gasteiger partial charge in [-0.1, -0.05) is 18.2 Å². The van der Waals surface area contributed by atoms with Crippen LogP contribution in [0, 0.1) is 0 Å².